The third-order valence-corrected chi connectivity index (χ3v) is 0.570. The fourth-order valence-electron chi connectivity index (χ4n) is 0.259. The fourth-order valence-corrected chi connectivity index (χ4v) is 0.259. The predicted octanol–water partition coefficient (Wildman–Crippen LogP) is 1.01. The third kappa shape index (κ3) is 6.74. The van der Waals surface area contributed by atoms with Crippen molar-refractivity contribution in [1.82, 2.24) is 0 Å². The summed E-state index contributed by atoms with van der Waals surface area (Å²) in [5.74, 6) is 0. The Morgan fingerprint density at radius 3 is 2.67 bits per heavy atom. The zero-order chi connectivity index (χ0) is 6.95. The summed E-state index contributed by atoms with van der Waals surface area (Å²) in [7, 11) is 0. The Bertz CT molecular complexity index is 112. The van der Waals surface area contributed by atoms with Gasteiger partial charge < -0.3 is 4.84 Å². The molecular formula is C4H6N2O3. The van der Waals surface area contributed by atoms with Crippen LogP contribution in [-0.2, 0) is 4.84 Å². The van der Waals surface area contributed by atoms with Crippen LogP contribution in [0.5, 0.6) is 0 Å². The van der Waals surface area contributed by atoms with Crippen LogP contribution < -0.4 is 0 Å². The van der Waals surface area contributed by atoms with Crippen LogP contribution in [0.4, 0.5) is 0 Å². The summed E-state index contributed by atoms with van der Waals surface area (Å²) in [5.41, 5.74) is 0. The van der Waals surface area contributed by atoms with Crippen molar-refractivity contribution in [3.8, 4) is 0 Å². The van der Waals surface area contributed by atoms with Gasteiger partial charge in [0.15, 0.2) is 5.34 Å². The van der Waals surface area contributed by atoms with E-state index >= 15 is 0 Å². The van der Waals surface area contributed by atoms with E-state index in [9.17, 15) is 9.81 Å². The third-order valence-electron chi connectivity index (χ3n) is 0.570. The van der Waals surface area contributed by atoms with Gasteiger partial charge in [0.25, 0.3) is 0 Å². The van der Waals surface area contributed by atoms with Crippen LogP contribution in [0.25, 0.3) is 0 Å². The van der Waals surface area contributed by atoms with Crippen molar-refractivity contribution in [2.75, 3.05) is 13.2 Å². The number of nitroso groups, excluding NO2 is 1. The molecule has 0 aromatic rings. The molecule has 0 aliphatic heterocycles. The van der Waals surface area contributed by atoms with Gasteiger partial charge in [0, 0.05) is 0 Å². The van der Waals surface area contributed by atoms with Crippen molar-refractivity contribution >= 4 is 0 Å². The SMILES string of the molecule is O=NC/C=C\CON=O. The van der Waals surface area contributed by atoms with E-state index in [1.165, 1.54) is 12.2 Å². The van der Waals surface area contributed by atoms with Gasteiger partial charge in [-0.3, -0.25) is 0 Å². The first kappa shape index (κ1) is 7.74. The Labute approximate surface area is 51.6 Å². The van der Waals surface area contributed by atoms with Crippen LogP contribution in [0.1, 0.15) is 0 Å². The summed E-state index contributed by atoms with van der Waals surface area (Å²) in [6.07, 6.45) is 2.97. The van der Waals surface area contributed by atoms with Gasteiger partial charge in [0.05, 0.1) is 6.54 Å². The first-order valence-corrected chi connectivity index (χ1v) is 2.30. The summed E-state index contributed by atoms with van der Waals surface area (Å²) < 4.78 is 0. The lowest BCUT2D eigenvalue weighted by atomic mass is 10.5. The van der Waals surface area contributed by atoms with E-state index in [0.29, 0.717) is 0 Å². The molecule has 0 aromatic carbocycles. The van der Waals surface area contributed by atoms with E-state index in [1.807, 2.05) is 0 Å². The van der Waals surface area contributed by atoms with Gasteiger partial charge >= 0.3 is 0 Å². The zero-order valence-corrected chi connectivity index (χ0v) is 4.69. The Morgan fingerprint density at radius 2 is 2.11 bits per heavy atom. The molecule has 0 N–H and O–H groups in total. The van der Waals surface area contributed by atoms with Crippen molar-refractivity contribution in [1.29, 1.82) is 0 Å². The standard InChI is InChI=1S/C4H6N2O3/c7-5-3-1-2-4-9-6-8/h1-2H,3-4H2/b2-1-. The maximum absolute atomic E-state index is 9.41. The molecule has 0 atom stereocenters. The van der Waals surface area contributed by atoms with E-state index in [-0.39, 0.29) is 13.2 Å². The van der Waals surface area contributed by atoms with Crippen molar-refractivity contribution in [3.63, 3.8) is 0 Å². The molecule has 0 spiro atoms. The molecule has 0 saturated heterocycles. The molecule has 0 saturated carbocycles. The van der Waals surface area contributed by atoms with E-state index in [2.05, 4.69) is 15.4 Å². The highest BCUT2D eigenvalue weighted by Crippen LogP contribution is 1.77. The Hall–Kier alpha value is -1.26. The summed E-state index contributed by atoms with van der Waals surface area (Å²) in [6.45, 7) is 0.196. The van der Waals surface area contributed by atoms with Crippen molar-refractivity contribution in [2.24, 2.45) is 10.5 Å². The molecule has 0 aromatic heterocycles. The monoisotopic (exact) mass is 130 g/mol. The number of nitrogens with zero attached hydrogens (tertiary/aromatic N) is 2. The summed E-state index contributed by atoms with van der Waals surface area (Å²) in [5, 5.41) is 4.66. The predicted molar refractivity (Wildman–Crippen MR) is 31.5 cm³/mol. The lowest BCUT2D eigenvalue weighted by molar-refractivity contribution is 0.169. The largest absolute Gasteiger partial charge is 0.360 e. The number of hydrogen-bond donors (Lipinski definition) is 0. The molecule has 0 rings (SSSR count). The van der Waals surface area contributed by atoms with Crippen LogP contribution in [0.3, 0.4) is 0 Å². The first-order chi connectivity index (χ1) is 4.41. The quantitative estimate of drug-likeness (QED) is 0.241. The average Bonchev–Trinajstić information content (AvgIpc) is 1.89. The maximum atomic E-state index is 9.41. The second kappa shape index (κ2) is 6.74. The van der Waals surface area contributed by atoms with Gasteiger partial charge in [0.1, 0.15) is 6.61 Å². The topological polar surface area (TPSA) is 68.1 Å². The van der Waals surface area contributed by atoms with Crippen molar-refractivity contribution < 1.29 is 4.84 Å². The van der Waals surface area contributed by atoms with E-state index < -0.39 is 0 Å². The Kier molecular flexibility index (Phi) is 5.80. The second-order valence-electron chi connectivity index (χ2n) is 1.15. The molecular weight excluding hydrogens is 124 g/mol. The van der Waals surface area contributed by atoms with Gasteiger partial charge in [0.2, 0.25) is 0 Å². The van der Waals surface area contributed by atoms with Crippen LogP contribution >= 0.6 is 0 Å². The maximum Gasteiger partial charge on any atom is 0.155 e. The summed E-state index contributed by atoms with van der Waals surface area (Å²) in [4.78, 5) is 22.7. The molecule has 0 radical (unpaired) electrons. The molecule has 0 aliphatic carbocycles. The molecule has 0 unspecified atom stereocenters. The number of hydrogen-bond acceptors (Lipinski definition) is 5. The Morgan fingerprint density at radius 1 is 1.33 bits per heavy atom. The Balaban J connectivity index is 3.03. The van der Waals surface area contributed by atoms with Gasteiger partial charge in [-0.1, -0.05) is 11.3 Å². The van der Waals surface area contributed by atoms with Gasteiger partial charge in [-0.2, -0.15) is 4.91 Å². The highest BCUT2D eigenvalue weighted by atomic mass is 16.7. The molecule has 0 aliphatic rings. The molecule has 5 heteroatoms. The molecule has 0 heterocycles. The molecule has 0 bridgehead atoms. The van der Waals surface area contributed by atoms with Gasteiger partial charge in [-0.25, -0.2) is 0 Å². The molecule has 0 amide bonds. The van der Waals surface area contributed by atoms with Crippen LogP contribution in [0.15, 0.2) is 22.7 Å². The smallest absolute Gasteiger partial charge is 0.155 e. The van der Waals surface area contributed by atoms with Crippen LogP contribution in [0.2, 0.25) is 0 Å². The normalized spacial score (nSPS) is 9.33. The lowest BCUT2D eigenvalue weighted by Crippen LogP contribution is -1.79. The highest BCUT2D eigenvalue weighted by Gasteiger charge is 1.75. The molecule has 5 nitrogen and oxygen atoms in total. The summed E-state index contributed by atoms with van der Waals surface area (Å²) in [6, 6.07) is 0. The van der Waals surface area contributed by atoms with Crippen LogP contribution in [-0.4, -0.2) is 13.2 Å². The van der Waals surface area contributed by atoms with Gasteiger partial charge in [-0.05, 0) is 6.08 Å². The molecule has 0 fully saturated rings. The average molecular weight is 130 g/mol. The molecule has 9 heavy (non-hydrogen) atoms. The second-order valence-corrected chi connectivity index (χ2v) is 1.15. The fraction of sp³-hybridized carbons (Fsp3) is 0.500. The molecule has 50 valence electrons. The minimum absolute atomic E-state index is 0.0962. The first-order valence-electron chi connectivity index (χ1n) is 2.30. The van der Waals surface area contributed by atoms with Crippen molar-refractivity contribution in [2.45, 2.75) is 0 Å². The number of rotatable bonds is 5. The van der Waals surface area contributed by atoms with Crippen molar-refractivity contribution in [3.05, 3.63) is 22.0 Å². The van der Waals surface area contributed by atoms with E-state index in [4.69, 9.17) is 0 Å². The lowest BCUT2D eigenvalue weighted by Gasteiger charge is -1.82. The minimum atomic E-state index is 0.0962. The summed E-state index contributed by atoms with van der Waals surface area (Å²) >= 11 is 0. The zero-order valence-electron chi connectivity index (χ0n) is 4.69. The van der Waals surface area contributed by atoms with Gasteiger partial charge in [-0.15, -0.1) is 4.91 Å². The highest BCUT2D eigenvalue weighted by molar-refractivity contribution is 4.82. The van der Waals surface area contributed by atoms with E-state index in [1.54, 1.807) is 0 Å². The van der Waals surface area contributed by atoms with E-state index in [0.717, 1.165) is 0 Å². The minimum Gasteiger partial charge on any atom is -0.360 e. The van der Waals surface area contributed by atoms with Crippen LogP contribution in [0, 0.1) is 9.81 Å².